The zero-order valence-electron chi connectivity index (χ0n) is 16.7. The molecule has 2 bridgehead atoms. The normalized spacial score (nSPS) is 26.6. The highest BCUT2D eigenvalue weighted by molar-refractivity contribution is 7.99. The van der Waals surface area contributed by atoms with E-state index in [-0.39, 0.29) is 23.9 Å². The molecule has 3 heterocycles. The third-order valence-electron chi connectivity index (χ3n) is 6.16. The number of hydrogen-bond acceptors (Lipinski definition) is 5. The number of aryl methyl sites for hydroxylation is 1. The number of thioether (sulfide) groups is 1. The van der Waals surface area contributed by atoms with Crippen molar-refractivity contribution in [3.8, 4) is 0 Å². The second-order valence-electron chi connectivity index (χ2n) is 7.59. The van der Waals surface area contributed by atoms with E-state index in [1.807, 2.05) is 29.8 Å². The molecule has 7 nitrogen and oxygen atoms in total. The van der Waals surface area contributed by atoms with Crippen LogP contribution in [-0.2, 0) is 21.4 Å². The molecule has 2 aliphatic rings. The van der Waals surface area contributed by atoms with Gasteiger partial charge < -0.3 is 19.1 Å². The van der Waals surface area contributed by atoms with Gasteiger partial charge in [0.25, 0.3) is 0 Å². The SMILES string of the molecule is CC[C@]1(C(=O)N(C)CCOC)C[C@H]2CC[C@@H]1N2C(=O)CSc1nccn1C. The number of likely N-dealkylation sites (N-methyl/N-ethyl adjacent to an activating group) is 1. The van der Waals surface area contributed by atoms with Gasteiger partial charge in [0.1, 0.15) is 0 Å². The van der Waals surface area contributed by atoms with Crippen molar-refractivity contribution in [3.63, 3.8) is 0 Å². The molecular weight excluding hydrogens is 364 g/mol. The quantitative estimate of drug-likeness (QED) is 0.629. The van der Waals surface area contributed by atoms with E-state index in [2.05, 4.69) is 11.9 Å². The first-order chi connectivity index (χ1) is 12.9. The number of nitrogens with zero attached hydrogens (tertiary/aromatic N) is 4. The van der Waals surface area contributed by atoms with Crippen LogP contribution in [0.15, 0.2) is 17.6 Å². The molecule has 0 aromatic carbocycles. The molecule has 1 aromatic heterocycles. The Hall–Kier alpha value is -1.54. The first-order valence-electron chi connectivity index (χ1n) is 9.60. The Kier molecular flexibility index (Phi) is 6.15. The summed E-state index contributed by atoms with van der Waals surface area (Å²) >= 11 is 1.46. The van der Waals surface area contributed by atoms with Gasteiger partial charge in [0.2, 0.25) is 11.8 Å². The molecule has 0 saturated carbocycles. The van der Waals surface area contributed by atoms with E-state index in [0.29, 0.717) is 18.9 Å². The Morgan fingerprint density at radius 2 is 2.22 bits per heavy atom. The number of methoxy groups -OCH3 is 1. The average Bonchev–Trinajstić information content (AvgIpc) is 3.36. The van der Waals surface area contributed by atoms with Gasteiger partial charge in [-0.05, 0) is 25.7 Å². The van der Waals surface area contributed by atoms with Crippen LogP contribution in [-0.4, -0.2) is 76.3 Å². The number of rotatable bonds is 8. The molecule has 0 aliphatic carbocycles. The zero-order chi connectivity index (χ0) is 19.6. The highest BCUT2D eigenvalue weighted by atomic mass is 32.2. The topological polar surface area (TPSA) is 67.7 Å². The standard InChI is InChI=1S/C19H30N4O3S/c1-5-19(17(25)21(2)10-11-26-4)12-14-6-7-15(19)23(14)16(24)13-27-18-20-8-9-22(18)3/h8-9,14-15H,5-7,10-13H2,1-4H3/t14-,15+,19+/m1/s1. The molecule has 2 amide bonds. The van der Waals surface area contributed by atoms with Crippen molar-refractivity contribution in [2.45, 2.75) is 49.8 Å². The first-order valence-corrected chi connectivity index (χ1v) is 10.6. The van der Waals surface area contributed by atoms with Gasteiger partial charge in [-0.25, -0.2) is 4.98 Å². The van der Waals surface area contributed by atoms with E-state index >= 15 is 0 Å². The fourth-order valence-electron chi connectivity index (χ4n) is 4.72. The van der Waals surface area contributed by atoms with E-state index in [1.54, 1.807) is 18.2 Å². The first kappa shape index (κ1) is 20.2. The maximum atomic E-state index is 13.3. The molecule has 2 aliphatic heterocycles. The molecule has 8 heteroatoms. The minimum absolute atomic E-state index is 0.0134. The molecule has 3 rings (SSSR count). The lowest BCUT2D eigenvalue weighted by Crippen LogP contribution is -2.50. The van der Waals surface area contributed by atoms with Crippen LogP contribution in [0.2, 0.25) is 0 Å². The Labute approximate surface area is 165 Å². The van der Waals surface area contributed by atoms with Crippen LogP contribution in [0.25, 0.3) is 0 Å². The fourth-order valence-corrected chi connectivity index (χ4v) is 5.52. The molecular formula is C19H30N4O3S. The van der Waals surface area contributed by atoms with Gasteiger partial charge in [-0.3, -0.25) is 9.59 Å². The van der Waals surface area contributed by atoms with Crippen LogP contribution >= 0.6 is 11.8 Å². The lowest BCUT2D eigenvalue weighted by atomic mass is 9.71. The Balaban J connectivity index is 1.71. The molecule has 27 heavy (non-hydrogen) atoms. The summed E-state index contributed by atoms with van der Waals surface area (Å²) in [6.07, 6.45) is 7.08. The van der Waals surface area contributed by atoms with E-state index in [0.717, 1.165) is 30.8 Å². The number of ether oxygens (including phenoxy) is 1. The summed E-state index contributed by atoms with van der Waals surface area (Å²) in [5.41, 5.74) is -0.449. The molecule has 2 saturated heterocycles. The van der Waals surface area contributed by atoms with Gasteiger partial charge in [-0.15, -0.1) is 0 Å². The van der Waals surface area contributed by atoms with Gasteiger partial charge in [-0.1, -0.05) is 18.7 Å². The highest BCUT2D eigenvalue weighted by Gasteiger charge is 2.60. The van der Waals surface area contributed by atoms with E-state index < -0.39 is 5.41 Å². The van der Waals surface area contributed by atoms with E-state index in [9.17, 15) is 9.59 Å². The van der Waals surface area contributed by atoms with Gasteiger partial charge in [0.15, 0.2) is 5.16 Å². The van der Waals surface area contributed by atoms with Crippen molar-refractivity contribution < 1.29 is 14.3 Å². The third kappa shape index (κ3) is 3.61. The summed E-state index contributed by atoms with van der Waals surface area (Å²) in [4.78, 5) is 34.3. The van der Waals surface area contributed by atoms with Crippen molar-refractivity contribution in [3.05, 3.63) is 12.4 Å². The lowest BCUT2D eigenvalue weighted by molar-refractivity contribution is -0.144. The van der Waals surface area contributed by atoms with E-state index in [4.69, 9.17) is 4.74 Å². The Morgan fingerprint density at radius 3 is 2.85 bits per heavy atom. The number of hydrogen-bond donors (Lipinski definition) is 0. The molecule has 0 unspecified atom stereocenters. The third-order valence-corrected chi connectivity index (χ3v) is 7.21. The van der Waals surface area contributed by atoms with Crippen LogP contribution in [0.1, 0.15) is 32.6 Å². The summed E-state index contributed by atoms with van der Waals surface area (Å²) < 4.78 is 7.04. The van der Waals surface area contributed by atoms with Crippen LogP contribution in [0.3, 0.4) is 0 Å². The Morgan fingerprint density at radius 1 is 1.44 bits per heavy atom. The van der Waals surface area contributed by atoms with Crippen LogP contribution in [0.5, 0.6) is 0 Å². The molecule has 150 valence electrons. The number of amides is 2. The minimum Gasteiger partial charge on any atom is -0.383 e. The summed E-state index contributed by atoms with van der Waals surface area (Å²) in [5, 5.41) is 0.840. The van der Waals surface area contributed by atoms with Crippen LogP contribution < -0.4 is 0 Å². The lowest BCUT2D eigenvalue weighted by Gasteiger charge is -2.38. The number of imidazole rings is 1. The maximum absolute atomic E-state index is 13.3. The molecule has 0 spiro atoms. The Bertz CT molecular complexity index is 694. The summed E-state index contributed by atoms with van der Waals surface area (Å²) in [6.45, 7) is 3.19. The number of carbonyl (C=O) groups is 2. The molecule has 3 atom stereocenters. The van der Waals surface area contributed by atoms with Crippen molar-refractivity contribution in [1.82, 2.24) is 19.4 Å². The van der Waals surface area contributed by atoms with Crippen molar-refractivity contribution in [1.29, 1.82) is 0 Å². The smallest absolute Gasteiger partial charge is 0.233 e. The predicted octanol–water partition coefficient (Wildman–Crippen LogP) is 1.78. The molecule has 2 fully saturated rings. The monoisotopic (exact) mass is 394 g/mol. The highest BCUT2D eigenvalue weighted by Crippen LogP contribution is 2.52. The molecule has 0 radical (unpaired) electrons. The summed E-state index contributed by atoms with van der Waals surface area (Å²) in [5.74, 6) is 0.646. The van der Waals surface area contributed by atoms with Crippen molar-refractivity contribution in [2.24, 2.45) is 12.5 Å². The number of carbonyl (C=O) groups excluding carboxylic acids is 2. The largest absolute Gasteiger partial charge is 0.383 e. The zero-order valence-corrected chi connectivity index (χ0v) is 17.5. The number of aromatic nitrogens is 2. The predicted molar refractivity (Wildman–Crippen MR) is 104 cm³/mol. The van der Waals surface area contributed by atoms with Gasteiger partial charge >= 0.3 is 0 Å². The minimum atomic E-state index is -0.449. The van der Waals surface area contributed by atoms with Crippen molar-refractivity contribution in [2.75, 3.05) is 33.1 Å². The summed E-state index contributed by atoms with van der Waals surface area (Å²) in [7, 11) is 5.41. The van der Waals surface area contributed by atoms with Crippen LogP contribution in [0.4, 0.5) is 0 Å². The summed E-state index contributed by atoms with van der Waals surface area (Å²) in [6, 6.07) is 0.198. The van der Waals surface area contributed by atoms with Crippen molar-refractivity contribution >= 4 is 23.6 Å². The van der Waals surface area contributed by atoms with Gasteiger partial charge in [0, 0.05) is 52.2 Å². The number of fused-ring (bicyclic) bond motifs is 2. The van der Waals surface area contributed by atoms with Gasteiger partial charge in [-0.2, -0.15) is 0 Å². The fraction of sp³-hybridized carbons (Fsp3) is 0.737. The second kappa shape index (κ2) is 8.22. The maximum Gasteiger partial charge on any atom is 0.233 e. The van der Waals surface area contributed by atoms with Crippen LogP contribution in [0, 0.1) is 5.41 Å². The second-order valence-corrected chi connectivity index (χ2v) is 8.53. The van der Waals surface area contributed by atoms with Gasteiger partial charge in [0.05, 0.1) is 17.8 Å². The average molecular weight is 395 g/mol. The van der Waals surface area contributed by atoms with E-state index in [1.165, 1.54) is 11.8 Å². The molecule has 1 aromatic rings. The molecule has 0 N–H and O–H groups in total.